The topological polar surface area (TPSA) is 78.9 Å². The number of rotatable bonds is 7. The van der Waals surface area contributed by atoms with Crippen molar-refractivity contribution in [2.75, 3.05) is 7.11 Å². The number of likely N-dealkylation sites (tertiary alicyclic amines) is 1. The quantitative estimate of drug-likeness (QED) is 0.452. The Bertz CT molecular complexity index is 891. The molecule has 0 spiro atoms. The molecule has 0 aliphatic carbocycles. The van der Waals surface area contributed by atoms with Crippen LogP contribution in [0.4, 0.5) is 4.79 Å². The second-order valence-electron chi connectivity index (χ2n) is 7.87. The summed E-state index contributed by atoms with van der Waals surface area (Å²) in [4.78, 5) is 27.0. The Balaban J connectivity index is 0.00000176. The number of amides is 3. The Hall–Kier alpha value is -2.41. The van der Waals surface area contributed by atoms with E-state index < -0.39 is 23.8 Å². The molecule has 4 atom stereocenters. The molecule has 1 heterocycles. The van der Waals surface area contributed by atoms with Crippen LogP contribution in [0.25, 0.3) is 0 Å². The Kier molecular flexibility index (Phi) is 9.25. The number of aryl methyl sites for hydroxylation is 1. The zero-order valence-corrected chi connectivity index (χ0v) is 20.1. The van der Waals surface area contributed by atoms with Crippen LogP contribution in [0.3, 0.4) is 0 Å². The van der Waals surface area contributed by atoms with Crippen molar-refractivity contribution in [2.24, 2.45) is 5.41 Å². The van der Waals surface area contributed by atoms with E-state index in [2.05, 4.69) is 5.32 Å². The van der Waals surface area contributed by atoms with Crippen LogP contribution in [0.5, 0.6) is 0 Å². The maximum absolute atomic E-state index is 13.0. The van der Waals surface area contributed by atoms with Gasteiger partial charge in [-0.1, -0.05) is 67.9 Å². The maximum atomic E-state index is 13.0. The fourth-order valence-electron chi connectivity index (χ4n) is 3.93. The van der Waals surface area contributed by atoms with Crippen molar-refractivity contribution in [1.29, 1.82) is 0 Å². The zero-order valence-electron chi connectivity index (χ0n) is 19.3. The number of nitrogens with zero attached hydrogens (tertiary/aromatic N) is 1. The number of ether oxygens (including phenoxy) is 1. The van der Waals surface area contributed by atoms with Crippen molar-refractivity contribution in [3.8, 4) is 0 Å². The lowest BCUT2D eigenvalue weighted by molar-refractivity contribution is -0.204. The summed E-state index contributed by atoms with van der Waals surface area (Å²) < 4.78 is 5.10. The van der Waals surface area contributed by atoms with Gasteiger partial charge >= 0.3 is 6.03 Å². The molecule has 174 valence electrons. The van der Waals surface area contributed by atoms with E-state index in [1.807, 2.05) is 63.2 Å². The average Bonchev–Trinajstić information content (AvgIpc) is 2.82. The van der Waals surface area contributed by atoms with Gasteiger partial charge in [-0.2, -0.15) is 0 Å². The van der Waals surface area contributed by atoms with Gasteiger partial charge in [0.1, 0.15) is 6.04 Å². The number of β-lactam (4-membered cyclic amide) rings is 1. The molecule has 3 amide bonds. The number of aliphatic hydroxyl groups is 1. The summed E-state index contributed by atoms with van der Waals surface area (Å²) in [5.74, 6) is -0.324. The van der Waals surface area contributed by atoms with Gasteiger partial charge in [0.05, 0.1) is 11.5 Å². The molecule has 3 rings (SSSR count). The molecule has 32 heavy (non-hydrogen) atoms. The zero-order chi connectivity index (χ0) is 23.9. The number of benzene rings is 2. The number of hydrogen-bond acceptors (Lipinski definition) is 4. The summed E-state index contributed by atoms with van der Waals surface area (Å²) in [5.41, 5.74) is 1.04. The molecule has 1 aliphatic heterocycles. The third kappa shape index (κ3) is 5.49. The van der Waals surface area contributed by atoms with Crippen molar-refractivity contribution in [3.05, 3.63) is 70.7 Å². The van der Waals surface area contributed by atoms with Gasteiger partial charge in [-0.15, -0.1) is 0 Å². The van der Waals surface area contributed by atoms with E-state index in [9.17, 15) is 14.7 Å². The number of urea groups is 1. The number of hydrogen-bond donors (Lipinski definition) is 2. The fraction of sp³-hybridized carbons (Fsp3) is 0.440. The van der Waals surface area contributed by atoms with Gasteiger partial charge < -0.3 is 15.2 Å². The molecular formula is C25H33ClN2O4. The second-order valence-corrected chi connectivity index (χ2v) is 8.31. The summed E-state index contributed by atoms with van der Waals surface area (Å²) in [6.07, 6.45) is -0.186. The highest BCUT2D eigenvalue weighted by molar-refractivity contribution is 6.30. The van der Waals surface area contributed by atoms with Crippen molar-refractivity contribution < 1.29 is 19.4 Å². The van der Waals surface area contributed by atoms with Crippen LogP contribution in [0.1, 0.15) is 51.3 Å². The van der Waals surface area contributed by atoms with Crippen molar-refractivity contribution in [1.82, 2.24) is 10.2 Å². The summed E-state index contributed by atoms with van der Waals surface area (Å²) in [5, 5.41) is 13.9. The minimum Gasteiger partial charge on any atom is -0.366 e. The number of carbonyl (C=O) groups excluding carboxylic acids is 2. The maximum Gasteiger partial charge on any atom is 0.325 e. The van der Waals surface area contributed by atoms with E-state index in [0.717, 1.165) is 16.0 Å². The largest absolute Gasteiger partial charge is 0.366 e. The van der Waals surface area contributed by atoms with Crippen LogP contribution < -0.4 is 5.32 Å². The normalized spacial score (nSPS) is 21.7. The lowest BCUT2D eigenvalue weighted by atomic mass is 9.68. The third-order valence-electron chi connectivity index (χ3n) is 5.85. The summed E-state index contributed by atoms with van der Waals surface area (Å²) >= 11 is 5.93. The lowest BCUT2D eigenvalue weighted by Gasteiger charge is -2.54. The van der Waals surface area contributed by atoms with Gasteiger partial charge in [-0.05, 0) is 49.9 Å². The van der Waals surface area contributed by atoms with Gasteiger partial charge in [0.25, 0.3) is 0 Å². The van der Waals surface area contributed by atoms with Gasteiger partial charge in [-0.3, -0.25) is 9.69 Å². The molecule has 2 aromatic rings. The average molecular weight is 461 g/mol. The van der Waals surface area contributed by atoms with Crippen molar-refractivity contribution >= 4 is 23.5 Å². The van der Waals surface area contributed by atoms with Gasteiger partial charge in [0.2, 0.25) is 5.91 Å². The van der Waals surface area contributed by atoms with Crippen LogP contribution in [0.2, 0.25) is 5.02 Å². The molecule has 1 aliphatic rings. The highest BCUT2D eigenvalue weighted by Gasteiger charge is 2.62. The van der Waals surface area contributed by atoms with Gasteiger partial charge in [0.15, 0.2) is 6.29 Å². The monoisotopic (exact) mass is 460 g/mol. The molecule has 0 radical (unpaired) electrons. The van der Waals surface area contributed by atoms with E-state index in [-0.39, 0.29) is 11.9 Å². The van der Waals surface area contributed by atoms with Crippen LogP contribution >= 0.6 is 11.6 Å². The Morgan fingerprint density at radius 1 is 1.19 bits per heavy atom. The molecule has 6 nitrogen and oxygen atoms in total. The highest BCUT2D eigenvalue weighted by Crippen LogP contribution is 2.45. The number of halogens is 1. The van der Waals surface area contributed by atoms with E-state index >= 15 is 0 Å². The van der Waals surface area contributed by atoms with E-state index in [1.54, 1.807) is 19.1 Å². The van der Waals surface area contributed by atoms with Crippen molar-refractivity contribution in [3.63, 3.8) is 0 Å². The number of imide groups is 1. The fourth-order valence-corrected chi connectivity index (χ4v) is 4.05. The molecule has 2 N–H and O–H groups in total. The summed E-state index contributed by atoms with van der Waals surface area (Å²) in [6, 6.07) is 15.3. The predicted molar refractivity (Wildman–Crippen MR) is 126 cm³/mol. The summed E-state index contributed by atoms with van der Waals surface area (Å²) in [6.45, 7) is 7.61. The predicted octanol–water partition coefficient (Wildman–Crippen LogP) is 4.95. The molecule has 2 aromatic carbocycles. The minimum absolute atomic E-state index is 0.284. The Morgan fingerprint density at radius 3 is 2.34 bits per heavy atom. The van der Waals surface area contributed by atoms with Crippen LogP contribution in [-0.2, 0) is 16.0 Å². The molecule has 1 saturated heterocycles. The molecule has 0 aromatic heterocycles. The highest BCUT2D eigenvalue weighted by atomic mass is 35.5. The second kappa shape index (κ2) is 11.5. The molecule has 0 saturated carbocycles. The van der Waals surface area contributed by atoms with Crippen molar-refractivity contribution in [2.45, 2.75) is 58.9 Å². The molecule has 7 heteroatoms. The van der Waals surface area contributed by atoms with E-state index in [0.29, 0.717) is 17.9 Å². The van der Waals surface area contributed by atoms with Crippen LogP contribution in [-0.4, -0.2) is 41.4 Å². The molecular weight excluding hydrogens is 428 g/mol. The first-order chi connectivity index (χ1) is 15.3. The first kappa shape index (κ1) is 25.8. The lowest BCUT2D eigenvalue weighted by Crippen LogP contribution is -2.74. The number of methoxy groups -OCH3 is 1. The molecule has 1 fully saturated rings. The van der Waals surface area contributed by atoms with Crippen LogP contribution in [0, 0.1) is 5.41 Å². The standard InChI is InChI=1S/C23H27ClN2O4.C2H6/c1-15(17-7-5-4-6-8-17)25-22(29)26-19(20(27)30-3)23(2,21(26)28)14-13-16-9-11-18(24)12-10-16;1-2/h4-12,15,19-20,27H,13-14H2,1-3H3,(H,25,29);1-2H3. The van der Waals surface area contributed by atoms with Crippen LogP contribution in [0.15, 0.2) is 54.6 Å². The van der Waals surface area contributed by atoms with Gasteiger partial charge in [0, 0.05) is 12.1 Å². The first-order valence-electron chi connectivity index (χ1n) is 10.9. The SMILES string of the molecule is CC.COC(O)C1N(C(=O)NC(C)c2ccccc2)C(=O)C1(C)CCc1ccc(Cl)cc1. The van der Waals surface area contributed by atoms with Gasteiger partial charge in [-0.25, -0.2) is 4.79 Å². The van der Waals surface area contributed by atoms with E-state index in [1.165, 1.54) is 7.11 Å². The van der Waals surface area contributed by atoms with E-state index in [4.69, 9.17) is 16.3 Å². The Labute approximate surface area is 195 Å². The molecule has 0 bridgehead atoms. The smallest absolute Gasteiger partial charge is 0.325 e. The number of aliphatic hydroxyl groups excluding tert-OH is 1. The molecule has 4 unspecified atom stereocenters. The Morgan fingerprint density at radius 2 is 1.78 bits per heavy atom. The first-order valence-corrected chi connectivity index (χ1v) is 11.3. The number of nitrogens with one attached hydrogen (secondary N) is 1. The minimum atomic E-state index is -1.27. The number of carbonyl (C=O) groups is 2. The summed E-state index contributed by atoms with van der Waals surface area (Å²) in [7, 11) is 1.36. The third-order valence-corrected chi connectivity index (χ3v) is 6.11.